The van der Waals surface area contributed by atoms with Gasteiger partial charge in [0.1, 0.15) is 0 Å². The molecule has 1 aromatic heterocycles. The molecule has 5 nitrogen and oxygen atoms in total. The first-order valence-corrected chi connectivity index (χ1v) is 5.97. The second-order valence-corrected chi connectivity index (χ2v) is 4.59. The van der Waals surface area contributed by atoms with Crippen LogP contribution >= 0.6 is 0 Å². The van der Waals surface area contributed by atoms with E-state index in [9.17, 15) is 13.8 Å². The maximum absolute atomic E-state index is 11.3. The molecule has 0 saturated heterocycles. The Hall–Kier alpha value is -1.43. The molecule has 0 fully saturated rings. The van der Waals surface area contributed by atoms with E-state index in [1.807, 2.05) is 0 Å². The summed E-state index contributed by atoms with van der Waals surface area (Å²) >= 11 is 0. The third kappa shape index (κ3) is 3.32. The van der Waals surface area contributed by atoms with E-state index in [1.54, 1.807) is 0 Å². The van der Waals surface area contributed by atoms with Gasteiger partial charge in [-0.05, 0) is 6.07 Å². The van der Waals surface area contributed by atoms with Gasteiger partial charge >= 0.3 is 5.97 Å². The van der Waals surface area contributed by atoms with Gasteiger partial charge in [0, 0.05) is 41.6 Å². The smallest absolute Gasteiger partial charge is 0.337 e. The van der Waals surface area contributed by atoms with E-state index in [4.69, 9.17) is 5.11 Å². The van der Waals surface area contributed by atoms with Crippen LogP contribution in [0.5, 0.6) is 0 Å². The molecule has 0 aliphatic heterocycles. The van der Waals surface area contributed by atoms with E-state index in [-0.39, 0.29) is 17.7 Å². The van der Waals surface area contributed by atoms with E-state index in [0.717, 1.165) is 0 Å². The summed E-state index contributed by atoms with van der Waals surface area (Å²) in [6, 6.07) is 2.45. The summed E-state index contributed by atoms with van der Waals surface area (Å²) in [7, 11) is -0.999. The van der Waals surface area contributed by atoms with E-state index in [2.05, 4.69) is 0 Å². The van der Waals surface area contributed by atoms with E-state index < -0.39 is 16.8 Å². The van der Waals surface area contributed by atoms with Gasteiger partial charge < -0.3 is 9.67 Å². The predicted octanol–water partition coefficient (Wildman–Crippen LogP) is -0.0750. The number of aromatic nitrogens is 1. The second-order valence-electron chi connectivity index (χ2n) is 3.03. The number of rotatable bonds is 4. The van der Waals surface area contributed by atoms with Crippen molar-refractivity contribution in [3.63, 3.8) is 0 Å². The van der Waals surface area contributed by atoms with Crippen LogP contribution in [0, 0.1) is 0 Å². The molecule has 1 heterocycles. The van der Waals surface area contributed by atoms with Gasteiger partial charge in [0.2, 0.25) is 0 Å². The largest absolute Gasteiger partial charge is 0.478 e. The molecule has 0 amide bonds. The molecule has 1 unspecified atom stereocenters. The fourth-order valence-electron chi connectivity index (χ4n) is 1.06. The van der Waals surface area contributed by atoms with E-state index in [0.29, 0.717) is 5.75 Å². The lowest BCUT2D eigenvalue weighted by molar-refractivity contribution is 0.0696. The number of aromatic carboxylic acids is 1. The first-order chi connectivity index (χ1) is 7.00. The lowest BCUT2D eigenvalue weighted by Gasteiger charge is -2.04. The Labute approximate surface area is 88.8 Å². The molecule has 0 saturated carbocycles. The quantitative estimate of drug-likeness (QED) is 0.783. The van der Waals surface area contributed by atoms with Gasteiger partial charge in [-0.25, -0.2) is 4.79 Å². The summed E-state index contributed by atoms with van der Waals surface area (Å²) in [6.07, 6.45) is 2.80. The molecule has 1 rings (SSSR count). The Morgan fingerprint density at radius 1 is 1.53 bits per heavy atom. The number of hydrogen-bond acceptors (Lipinski definition) is 3. The Balaban J connectivity index is 2.95. The van der Waals surface area contributed by atoms with Gasteiger partial charge in [-0.3, -0.25) is 9.00 Å². The summed E-state index contributed by atoms with van der Waals surface area (Å²) < 4.78 is 12.1. The SMILES string of the molecule is CS(=O)CCn1cc(C(=O)O)ccc1=O. The molecule has 0 aromatic carbocycles. The van der Waals surface area contributed by atoms with Crippen molar-refractivity contribution in [3.05, 3.63) is 34.2 Å². The normalized spacial score (nSPS) is 12.3. The molecule has 0 radical (unpaired) electrons. The van der Waals surface area contributed by atoms with Crippen molar-refractivity contribution in [2.45, 2.75) is 6.54 Å². The van der Waals surface area contributed by atoms with Crippen LogP contribution in [0.25, 0.3) is 0 Å². The number of carbonyl (C=O) groups is 1. The van der Waals surface area contributed by atoms with Crippen molar-refractivity contribution in [3.8, 4) is 0 Å². The molecule has 0 spiro atoms. The first-order valence-electron chi connectivity index (χ1n) is 4.24. The monoisotopic (exact) mass is 229 g/mol. The highest BCUT2D eigenvalue weighted by Crippen LogP contribution is 1.95. The molecule has 15 heavy (non-hydrogen) atoms. The topological polar surface area (TPSA) is 76.4 Å². The summed E-state index contributed by atoms with van der Waals surface area (Å²) in [5.74, 6) is -0.746. The average molecular weight is 229 g/mol. The molecule has 1 N–H and O–H groups in total. The fraction of sp³-hybridized carbons (Fsp3) is 0.333. The van der Waals surface area contributed by atoms with Crippen LogP contribution in [-0.2, 0) is 17.3 Å². The molecule has 6 heteroatoms. The summed E-state index contributed by atoms with van der Waals surface area (Å²) in [6.45, 7) is 0.267. The zero-order valence-corrected chi connectivity index (χ0v) is 8.99. The number of carboxylic acid groups (broad SMARTS) is 1. The van der Waals surface area contributed by atoms with Gasteiger partial charge in [0.05, 0.1) is 5.56 Å². The Morgan fingerprint density at radius 3 is 2.73 bits per heavy atom. The maximum Gasteiger partial charge on any atom is 0.337 e. The van der Waals surface area contributed by atoms with Crippen LogP contribution in [0.3, 0.4) is 0 Å². The molecular formula is C9H11NO4S. The van der Waals surface area contributed by atoms with Crippen LogP contribution in [0.15, 0.2) is 23.1 Å². The van der Waals surface area contributed by atoms with Crippen molar-refractivity contribution in [1.82, 2.24) is 4.57 Å². The van der Waals surface area contributed by atoms with Crippen molar-refractivity contribution < 1.29 is 14.1 Å². The van der Waals surface area contributed by atoms with Crippen molar-refractivity contribution in [1.29, 1.82) is 0 Å². The molecule has 1 aromatic rings. The third-order valence-corrected chi connectivity index (χ3v) is 2.61. The zero-order valence-electron chi connectivity index (χ0n) is 8.17. The fourth-order valence-corrected chi connectivity index (χ4v) is 1.51. The van der Waals surface area contributed by atoms with Crippen LogP contribution < -0.4 is 5.56 Å². The number of pyridine rings is 1. The lowest BCUT2D eigenvalue weighted by atomic mass is 10.3. The Kier molecular flexibility index (Phi) is 3.79. The molecule has 0 bridgehead atoms. The Bertz CT molecular complexity index is 452. The number of aryl methyl sites for hydroxylation is 1. The van der Waals surface area contributed by atoms with Crippen LogP contribution in [0.2, 0.25) is 0 Å². The number of carboxylic acids is 1. The molecular weight excluding hydrogens is 218 g/mol. The molecule has 82 valence electrons. The van der Waals surface area contributed by atoms with Crippen molar-refractivity contribution in [2.75, 3.05) is 12.0 Å². The lowest BCUT2D eigenvalue weighted by Crippen LogP contribution is -2.22. The molecule has 1 atom stereocenters. The van der Waals surface area contributed by atoms with Crippen LogP contribution in [0.1, 0.15) is 10.4 Å². The van der Waals surface area contributed by atoms with Gasteiger partial charge in [0.15, 0.2) is 0 Å². The van der Waals surface area contributed by atoms with Crippen molar-refractivity contribution in [2.24, 2.45) is 0 Å². The van der Waals surface area contributed by atoms with Gasteiger partial charge in [-0.15, -0.1) is 0 Å². The summed E-state index contributed by atoms with van der Waals surface area (Å²) in [5.41, 5.74) is -0.234. The standard InChI is InChI=1S/C9H11NO4S/c1-15(14)5-4-10-6-7(9(12)13)2-3-8(10)11/h2-3,6H,4-5H2,1H3,(H,12,13). The van der Waals surface area contributed by atoms with E-state index >= 15 is 0 Å². The first kappa shape index (κ1) is 11.6. The Morgan fingerprint density at radius 2 is 2.20 bits per heavy atom. The van der Waals surface area contributed by atoms with Crippen LogP contribution in [-0.4, -0.2) is 31.9 Å². The van der Waals surface area contributed by atoms with Crippen molar-refractivity contribution >= 4 is 16.8 Å². The number of hydrogen-bond donors (Lipinski definition) is 1. The second kappa shape index (κ2) is 4.88. The zero-order chi connectivity index (χ0) is 11.4. The number of nitrogens with zero attached hydrogens (tertiary/aromatic N) is 1. The van der Waals surface area contributed by atoms with Crippen LogP contribution in [0.4, 0.5) is 0 Å². The highest BCUT2D eigenvalue weighted by molar-refractivity contribution is 7.84. The summed E-state index contributed by atoms with van der Waals surface area (Å²) in [5, 5.41) is 8.70. The molecule has 0 aliphatic carbocycles. The average Bonchev–Trinajstić information content (AvgIpc) is 2.16. The minimum absolute atomic E-state index is 0.0523. The van der Waals surface area contributed by atoms with Gasteiger partial charge in [-0.1, -0.05) is 0 Å². The predicted molar refractivity (Wildman–Crippen MR) is 56.6 cm³/mol. The third-order valence-electron chi connectivity index (χ3n) is 1.85. The maximum atomic E-state index is 11.3. The highest BCUT2D eigenvalue weighted by atomic mass is 32.2. The molecule has 0 aliphatic rings. The van der Waals surface area contributed by atoms with Gasteiger partial charge in [-0.2, -0.15) is 0 Å². The highest BCUT2D eigenvalue weighted by Gasteiger charge is 2.05. The van der Waals surface area contributed by atoms with E-state index in [1.165, 1.54) is 29.2 Å². The van der Waals surface area contributed by atoms with Gasteiger partial charge in [0.25, 0.3) is 5.56 Å². The summed E-state index contributed by atoms with van der Waals surface area (Å²) in [4.78, 5) is 21.9. The minimum atomic E-state index is -1.08. The minimum Gasteiger partial charge on any atom is -0.478 e.